The molecule has 0 aromatic heterocycles. The normalized spacial score (nSPS) is 10.6. The molecule has 0 aliphatic rings. The number of carboxylic acid groups (broad SMARTS) is 2. The highest BCUT2D eigenvalue weighted by atomic mass is 16.4. The average Bonchev–Trinajstić information content (AvgIpc) is 2.77. The van der Waals surface area contributed by atoms with Crippen molar-refractivity contribution in [3.05, 3.63) is 0 Å². The predicted octanol–water partition coefficient (Wildman–Crippen LogP) is 9.01. The van der Waals surface area contributed by atoms with Gasteiger partial charge in [0.25, 0.3) is 0 Å². The number of aliphatic hydroxyl groups excluding tert-OH is 1. The average molecular weight is 489 g/mol. The van der Waals surface area contributed by atoms with Crippen molar-refractivity contribution in [2.45, 2.75) is 163 Å². The fourth-order valence-corrected chi connectivity index (χ4v) is 3.17. The lowest BCUT2D eigenvalue weighted by atomic mass is 9.99. The van der Waals surface area contributed by atoms with Crippen molar-refractivity contribution in [3.8, 4) is 0 Å². The first-order chi connectivity index (χ1) is 16.1. The molecule has 0 radical (unpaired) electrons. The quantitative estimate of drug-likeness (QED) is 0.149. The number of unbranched alkanes of at least 4 members (excludes halogenated alkanes) is 16. The Balaban J connectivity index is -0.000000458. The maximum absolute atomic E-state index is 10.2. The van der Waals surface area contributed by atoms with Crippen LogP contribution in [0.2, 0.25) is 0 Å². The molecule has 34 heavy (non-hydrogen) atoms. The van der Waals surface area contributed by atoms with E-state index in [1.165, 1.54) is 89.9 Å². The van der Waals surface area contributed by atoms with Crippen molar-refractivity contribution in [2.75, 3.05) is 6.61 Å². The largest absolute Gasteiger partial charge is 0.481 e. The number of aliphatic carboxylic acids is 2. The third kappa shape index (κ3) is 48.4. The van der Waals surface area contributed by atoms with E-state index in [2.05, 4.69) is 13.8 Å². The molecule has 0 bridgehead atoms. The van der Waals surface area contributed by atoms with Crippen molar-refractivity contribution in [1.82, 2.24) is 0 Å². The zero-order valence-corrected chi connectivity index (χ0v) is 23.5. The van der Waals surface area contributed by atoms with Crippen molar-refractivity contribution < 1.29 is 24.9 Å². The van der Waals surface area contributed by atoms with Gasteiger partial charge in [-0.25, -0.2) is 0 Å². The fraction of sp³-hybridized carbons (Fsp3) is 0.931. The molecular formula is C29H60O5. The van der Waals surface area contributed by atoms with Gasteiger partial charge in [-0.1, -0.05) is 137 Å². The van der Waals surface area contributed by atoms with E-state index < -0.39 is 11.9 Å². The summed E-state index contributed by atoms with van der Waals surface area (Å²) in [6.45, 7) is 10.7. The molecule has 206 valence electrons. The second kappa shape index (κ2) is 29.9. The summed E-state index contributed by atoms with van der Waals surface area (Å²) in [4.78, 5) is 20.4. The van der Waals surface area contributed by atoms with E-state index in [1.54, 1.807) is 0 Å². The van der Waals surface area contributed by atoms with Crippen molar-refractivity contribution in [1.29, 1.82) is 0 Å². The van der Waals surface area contributed by atoms with Gasteiger partial charge in [0.2, 0.25) is 0 Å². The lowest BCUT2D eigenvalue weighted by molar-refractivity contribution is -0.138. The van der Waals surface area contributed by atoms with Crippen molar-refractivity contribution in [2.24, 2.45) is 5.41 Å². The highest BCUT2D eigenvalue weighted by Gasteiger charge is 2.05. The summed E-state index contributed by atoms with van der Waals surface area (Å²) in [5.41, 5.74) is 0.0972. The van der Waals surface area contributed by atoms with E-state index in [-0.39, 0.29) is 12.0 Å². The number of hydrogen-bond acceptors (Lipinski definition) is 3. The van der Waals surface area contributed by atoms with Gasteiger partial charge in [0.1, 0.15) is 0 Å². The minimum atomic E-state index is -0.659. The minimum absolute atomic E-state index is 0.0972. The molecule has 0 aliphatic carbocycles. The Morgan fingerprint density at radius 2 is 0.706 bits per heavy atom. The molecule has 0 aliphatic heterocycles. The van der Waals surface area contributed by atoms with Crippen LogP contribution >= 0.6 is 0 Å². The third-order valence-electron chi connectivity index (χ3n) is 5.46. The van der Waals surface area contributed by atoms with Crippen LogP contribution in [0.25, 0.3) is 0 Å². The van der Waals surface area contributed by atoms with Crippen LogP contribution in [0.4, 0.5) is 0 Å². The minimum Gasteiger partial charge on any atom is -0.481 e. The van der Waals surface area contributed by atoms with E-state index in [4.69, 9.17) is 15.3 Å². The van der Waals surface area contributed by atoms with E-state index in [0.29, 0.717) is 12.8 Å². The van der Waals surface area contributed by atoms with Gasteiger partial charge in [-0.15, -0.1) is 0 Å². The van der Waals surface area contributed by atoms with Crippen LogP contribution in [0.1, 0.15) is 163 Å². The summed E-state index contributed by atoms with van der Waals surface area (Å²) in [5, 5.41) is 25.2. The number of hydrogen-bond donors (Lipinski definition) is 3. The molecule has 5 heteroatoms. The first-order valence-electron chi connectivity index (χ1n) is 14.1. The molecule has 0 fully saturated rings. The Kier molecular flexibility index (Phi) is 33.0. The van der Waals surface area contributed by atoms with Gasteiger partial charge in [-0.05, 0) is 18.3 Å². The van der Waals surface area contributed by atoms with E-state index >= 15 is 0 Å². The standard InChI is InChI=1S/2C12H24O2.C5H12O/c2*1-2-3-4-5-6-7-8-9-10-11-12(13)14;1-5(2,3)4-6/h2*2-11H2,1H3,(H,13,14);6H,4H2,1-3H3. The molecule has 0 aromatic carbocycles. The Morgan fingerprint density at radius 1 is 0.500 bits per heavy atom. The molecule has 0 amide bonds. The molecule has 0 unspecified atom stereocenters. The summed E-state index contributed by atoms with van der Waals surface area (Å²) in [7, 11) is 0. The van der Waals surface area contributed by atoms with E-state index in [1.807, 2.05) is 20.8 Å². The summed E-state index contributed by atoms with van der Waals surface area (Å²) in [5.74, 6) is -1.32. The molecule has 0 saturated heterocycles. The lowest BCUT2D eigenvalue weighted by Crippen LogP contribution is -2.09. The number of aliphatic hydroxyl groups is 1. The van der Waals surface area contributed by atoms with Crippen LogP contribution in [0.3, 0.4) is 0 Å². The van der Waals surface area contributed by atoms with Gasteiger partial charge in [0, 0.05) is 19.4 Å². The summed E-state index contributed by atoms with van der Waals surface area (Å²) in [6.07, 6.45) is 23.0. The maximum atomic E-state index is 10.2. The molecule has 0 atom stereocenters. The number of carbonyl (C=O) groups is 2. The van der Waals surface area contributed by atoms with Crippen molar-refractivity contribution >= 4 is 11.9 Å². The summed E-state index contributed by atoms with van der Waals surface area (Å²) >= 11 is 0. The van der Waals surface area contributed by atoms with Crippen LogP contribution in [0.5, 0.6) is 0 Å². The van der Waals surface area contributed by atoms with Gasteiger partial charge in [-0.2, -0.15) is 0 Å². The second-order valence-electron chi connectivity index (χ2n) is 10.7. The van der Waals surface area contributed by atoms with E-state index in [0.717, 1.165) is 25.7 Å². The Hall–Kier alpha value is -1.10. The van der Waals surface area contributed by atoms with Gasteiger partial charge >= 0.3 is 11.9 Å². The predicted molar refractivity (Wildman–Crippen MR) is 146 cm³/mol. The maximum Gasteiger partial charge on any atom is 0.303 e. The molecule has 0 spiro atoms. The highest BCUT2D eigenvalue weighted by molar-refractivity contribution is 5.66. The van der Waals surface area contributed by atoms with Crippen LogP contribution in [0, 0.1) is 5.41 Å². The Bertz CT molecular complexity index is 383. The highest BCUT2D eigenvalue weighted by Crippen LogP contribution is 2.11. The van der Waals surface area contributed by atoms with Gasteiger partial charge in [0.05, 0.1) is 0 Å². The fourth-order valence-electron chi connectivity index (χ4n) is 3.17. The molecule has 0 aromatic rings. The van der Waals surface area contributed by atoms with Gasteiger partial charge < -0.3 is 15.3 Å². The van der Waals surface area contributed by atoms with Gasteiger partial charge in [-0.3, -0.25) is 9.59 Å². The second-order valence-corrected chi connectivity index (χ2v) is 10.7. The van der Waals surface area contributed by atoms with Gasteiger partial charge in [0.15, 0.2) is 0 Å². The summed E-state index contributed by atoms with van der Waals surface area (Å²) in [6, 6.07) is 0. The molecule has 0 saturated carbocycles. The van der Waals surface area contributed by atoms with Crippen LogP contribution in [-0.4, -0.2) is 33.9 Å². The molecular weight excluding hydrogens is 428 g/mol. The monoisotopic (exact) mass is 488 g/mol. The first-order valence-corrected chi connectivity index (χ1v) is 14.1. The van der Waals surface area contributed by atoms with Crippen LogP contribution in [0.15, 0.2) is 0 Å². The molecule has 0 heterocycles. The molecule has 3 N–H and O–H groups in total. The number of carboxylic acids is 2. The SMILES string of the molecule is CC(C)(C)CO.CCCCCCCCCCCC(=O)O.CCCCCCCCCCCC(=O)O. The first kappa shape index (κ1) is 37.4. The zero-order chi connectivity index (χ0) is 26.5. The number of rotatable bonds is 20. The van der Waals surface area contributed by atoms with E-state index in [9.17, 15) is 9.59 Å². The topological polar surface area (TPSA) is 94.8 Å². The Labute approximate surface area is 212 Å². The van der Waals surface area contributed by atoms with Crippen LogP contribution in [-0.2, 0) is 9.59 Å². The Morgan fingerprint density at radius 3 is 0.882 bits per heavy atom. The van der Waals surface area contributed by atoms with Crippen LogP contribution < -0.4 is 0 Å². The smallest absolute Gasteiger partial charge is 0.303 e. The third-order valence-corrected chi connectivity index (χ3v) is 5.46. The molecule has 5 nitrogen and oxygen atoms in total. The van der Waals surface area contributed by atoms with Crippen molar-refractivity contribution in [3.63, 3.8) is 0 Å². The zero-order valence-electron chi connectivity index (χ0n) is 23.5. The molecule has 0 rings (SSSR count). The summed E-state index contributed by atoms with van der Waals surface area (Å²) < 4.78 is 0. The lowest BCUT2D eigenvalue weighted by Gasteiger charge is -2.11.